The Morgan fingerprint density at radius 2 is 2.16 bits per heavy atom. The fraction of sp³-hybridized carbons (Fsp3) is 0.200. The standard InChI is InChI=1S/C15H14ClNO2/c1-10-3-4-15(19-2)12(7-10)14(18)8-11-5-6-17-9-13(11)16/h3-7,9H,8H2,1-2H3. The van der Waals surface area contributed by atoms with Crippen LogP contribution in [-0.2, 0) is 6.42 Å². The number of nitrogens with zero attached hydrogens (tertiary/aromatic N) is 1. The molecule has 19 heavy (non-hydrogen) atoms. The van der Waals surface area contributed by atoms with E-state index in [1.807, 2.05) is 19.1 Å². The number of carbonyl (C=O) groups is 1. The van der Waals surface area contributed by atoms with E-state index in [9.17, 15) is 4.79 Å². The second-order valence-electron chi connectivity index (χ2n) is 4.27. The fourth-order valence-electron chi connectivity index (χ4n) is 1.86. The number of ether oxygens (including phenoxy) is 1. The van der Waals surface area contributed by atoms with Gasteiger partial charge in [0.25, 0.3) is 0 Å². The Morgan fingerprint density at radius 3 is 2.84 bits per heavy atom. The van der Waals surface area contributed by atoms with Crippen LogP contribution in [0.1, 0.15) is 21.5 Å². The Hall–Kier alpha value is -1.87. The first-order chi connectivity index (χ1) is 9.11. The minimum Gasteiger partial charge on any atom is -0.496 e. The van der Waals surface area contributed by atoms with Gasteiger partial charge >= 0.3 is 0 Å². The number of halogens is 1. The molecule has 0 amide bonds. The molecule has 0 atom stereocenters. The number of methoxy groups -OCH3 is 1. The largest absolute Gasteiger partial charge is 0.496 e. The fourth-order valence-corrected chi connectivity index (χ4v) is 2.04. The van der Waals surface area contributed by atoms with Crippen molar-refractivity contribution >= 4 is 17.4 Å². The van der Waals surface area contributed by atoms with Gasteiger partial charge in [0.15, 0.2) is 5.78 Å². The van der Waals surface area contributed by atoms with Crippen molar-refractivity contribution in [1.29, 1.82) is 0 Å². The maximum atomic E-state index is 12.3. The molecule has 98 valence electrons. The molecule has 1 aromatic carbocycles. The number of aromatic nitrogens is 1. The summed E-state index contributed by atoms with van der Waals surface area (Å²) in [4.78, 5) is 16.2. The molecule has 0 saturated heterocycles. The highest BCUT2D eigenvalue weighted by Crippen LogP contribution is 2.23. The Kier molecular flexibility index (Phi) is 4.17. The molecule has 4 heteroatoms. The summed E-state index contributed by atoms with van der Waals surface area (Å²) in [5.74, 6) is 0.564. The van der Waals surface area contributed by atoms with Crippen molar-refractivity contribution in [2.24, 2.45) is 0 Å². The molecule has 0 aliphatic heterocycles. The van der Waals surface area contributed by atoms with Gasteiger partial charge in [-0.1, -0.05) is 23.2 Å². The number of Topliss-reactive ketones (excluding diaryl/α,β-unsaturated/α-hetero) is 1. The summed E-state index contributed by atoms with van der Waals surface area (Å²) in [6.07, 6.45) is 3.40. The highest BCUT2D eigenvalue weighted by atomic mass is 35.5. The van der Waals surface area contributed by atoms with E-state index >= 15 is 0 Å². The van der Waals surface area contributed by atoms with E-state index in [0.717, 1.165) is 11.1 Å². The third-order valence-electron chi connectivity index (χ3n) is 2.86. The lowest BCUT2D eigenvalue weighted by Gasteiger charge is -2.09. The van der Waals surface area contributed by atoms with Crippen molar-refractivity contribution in [3.8, 4) is 5.75 Å². The van der Waals surface area contributed by atoms with E-state index in [-0.39, 0.29) is 12.2 Å². The SMILES string of the molecule is COc1ccc(C)cc1C(=O)Cc1ccncc1Cl. The summed E-state index contributed by atoms with van der Waals surface area (Å²) in [7, 11) is 1.56. The van der Waals surface area contributed by atoms with Gasteiger partial charge in [-0.05, 0) is 30.7 Å². The van der Waals surface area contributed by atoms with Crippen LogP contribution < -0.4 is 4.74 Å². The average Bonchev–Trinajstić information content (AvgIpc) is 2.41. The zero-order valence-corrected chi connectivity index (χ0v) is 11.6. The number of pyridine rings is 1. The van der Waals surface area contributed by atoms with Crippen molar-refractivity contribution in [2.45, 2.75) is 13.3 Å². The molecule has 0 unspecified atom stereocenters. The Morgan fingerprint density at radius 1 is 1.37 bits per heavy atom. The highest BCUT2D eigenvalue weighted by molar-refractivity contribution is 6.31. The van der Waals surface area contributed by atoms with Crippen LogP contribution in [0.3, 0.4) is 0 Å². The molecule has 0 spiro atoms. The summed E-state index contributed by atoms with van der Waals surface area (Å²) in [6, 6.07) is 7.30. The van der Waals surface area contributed by atoms with Gasteiger partial charge in [0.1, 0.15) is 5.75 Å². The van der Waals surface area contributed by atoms with Crippen LogP contribution in [0.25, 0.3) is 0 Å². The minimum absolute atomic E-state index is 0.0198. The summed E-state index contributed by atoms with van der Waals surface area (Å²) in [5.41, 5.74) is 2.37. The van der Waals surface area contributed by atoms with Gasteiger partial charge in [-0.15, -0.1) is 0 Å². The van der Waals surface area contributed by atoms with E-state index in [1.54, 1.807) is 25.4 Å². The smallest absolute Gasteiger partial charge is 0.171 e. The summed E-state index contributed by atoms with van der Waals surface area (Å²) >= 11 is 6.01. The number of aryl methyl sites for hydroxylation is 1. The molecule has 0 aliphatic carbocycles. The number of rotatable bonds is 4. The maximum absolute atomic E-state index is 12.3. The molecule has 0 fully saturated rings. The molecule has 0 saturated carbocycles. The van der Waals surface area contributed by atoms with Gasteiger partial charge in [0.05, 0.1) is 17.7 Å². The van der Waals surface area contributed by atoms with E-state index in [1.165, 1.54) is 6.20 Å². The van der Waals surface area contributed by atoms with E-state index in [4.69, 9.17) is 16.3 Å². The Balaban J connectivity index is 2.30. The number of benzene rings is 1. The molecule has 0 aliphatic rings. The first-order valence-electron chi connectivity index (χ1n) is 5.88. The van der Waals surface area contributed by atoms with E-state index < -0.39 is 0 Å². The molecule has 1 heterocycles. The number of ketones is 1. The van der Waals surface area contributed by atoms with E-state index in [2.05, 4.69) is 4.98 Å². The second-order valence-corrected chi connectivity index (χ2v) is 4.68. The zero-order valence-electron chi connectivity index (χ0n) is 10.8. The lowest BCUT2D eigenvalue weighted by molar-refractivity contribution is 0.0990. The molecule has 0 N–H and O–H groups in total. The van der Waals surface area contributed by atoms with E-state index in [0.29, 0.717) is 16.3 Å². The quantitative estimate of drug-likeness (QED) is 0.802. The molecule has 0 bridgehead atoms. The van der Waals surface area contributed by atoms with Gasteiger partial charge in [0, 0.05) is 18.8 Å². The number of hydrogen-bond acceptors (Lipinski definition) is 3. The van der Waals surface area contributed by atoms with Crippen LogP contribution in [-0.4, -0.2) is 17.9 Å². The highest BCUT2D eigenvalue weighted by Gasteiger charge is 2.14. The van der Waals surface area contributed by atoms with Crippen LogP contribution in [0.15, 0.2) is 36.7 Å². The Labute approximate surface area is 117 Å². The van der Waals surface area contributed by atoms with Gasteiger partial charge in [-0.25, -0.2) is 0 Å². The summed E-state index contributed by atoms with van der Waals surface area (Å²) in [5, 5.41) is 0.502. The Bertz CT molecular complexity index is 611. The first-order valence-corrected chi connectivity index (χ1v) is 6.26. The predicted molar refractivity (Wildman–Crippen MR) is 75.0 cm³/mol. The normalized spacial score (nSPS) is 10.3. The van der Waals surface area contributed by atoms with Crippen LogP contribution in [0.4, 0.5) is 0 Å². The lowest BCUT2D eigenvalue weighted by Crippen LogP contribution is -2.06. The monoisotopic (exact) mass is 275 g/mol. The summed E-state index contributed by atoms with van der Waals surface area (Å²) < 4.78 is 5.22. The second kappa shape index (κ2) is 5.85. The van der Waals surface area contributed by atoms with Gasteiger partial charge in [-0.3, -0.25) is 9.78 Å². The van der Waals surface area contributed by atoms with Crippen molar-refractivity contribution in [3.63, 3.8) is 0 Å². The van der Waals surface area contributed by atoms with Crippen LogP contribution in [0.5, 0.6) is 5.75 Å². The number of hydrogen-bond donors (Lipinski definition) is 0. The van der Waals surface area contributed by atoms with Crippen molar-refractivity contribution in [1.82, 2.24) is 4.98 Å². The average molecular weight is 276 g/mol. The van der Waals surface area contributed by atoms with Crippen molar-refractivity contribution in [3.05, 3.63) is 58.4 Å². The molecule has 2 rings (SSSR count). The molecule has 1 aromatic heterocycles. The molecule has 3 nitrogen and oxygen atoms in total. The molecule has 0 radical (unpaired) electrons. The van der Waals surface area contributed by atoms with Crippen LogP contribution in [0, 0.1) is 6.92 Å². The van der Waals surface area contributed by atoms with Crippen molar-refractivity contribution in [2.75, 3.05) is 7.11 Å². The topological polar surface area (TPSA) is 39.2 Å². The first kappa shape index (κ1) is 13.6. The van der Waals surface area contributed by atoms with Crippen LogP contribution >= 0.6 is 11.6 Å². The minimum atomic E-state index is -0.0198. The number of carbonyl (C=O) groups excluding carboxylic acids is 1. The molecular formula is C15H14ClNO2. The third-order valence-corrected chi connectivity index (χ3v) is 3.20. The maximum Gasteiger partial charge on any atom is 0.171 e. The van der Waals surface area contributed by atoms with Gasteiger partial charge in [0.2, 0.25) is 0 Å². The molecule has 2 aromatic rings. The predicted octanol–water partition coefficient (Wildman–Crippen LogP) is 3.48. The zero-order chi connectivity index (χ0) is 13.8. The van der Waals surface area contributed by atoms with Crippen LogP contribution in [0.2, 0.25) is 5.02 Å². The van der Waals surface area contributed by atoms with Gasteiger partial charge < -0.3 is 4.74 Å². The summed E-state index contributed by atoms with van der Waals surface area (Å²) in [6.45, 7) is 1.94. The lowest BCUT2D eigenvalue weighted by atomic mass is 10.0. The van der Waals surface area contributed by atoms with Gasteiger partial charge in [-0.2, -0.15) is 0 Å². The third kappa shape index (κ3) is 3.12. The molecular weight excluding hydrogens is 262 g/mol. The van der Waals surface area contributed by atoms with Crippen molar-refractivity contribution < 1.29 is 9.53 Å².